The van der Waals surface area contributed by atoms with E-state index in [1.807, 2.05) is 48.8 Å². The van der Waals surface area contributed by atoms with Crippen LogP contribution in [-0.4, -0.2) is 26.4 Å². The highest BCUT2D eigenvalue weighted by atomic mass is 16.3. The van der Waals surface area contributed by atoms with Crippen LogP contribution < -0.4 is 0 Å². The number of phenolic OH excluding ortho intramolecular Hbond substituents is 1. The molecule has 3 rings (SSSR count). The van der Waals surface area contributed by atoms with Gasteiger partial charge in [0.2, 0.25) is 0 Å². The number of aromatic hydroxyl groups is 1. The van der Waals surface area contributed by atoms with Gasteiger partial charge >= 0.3 is 0 Å². The van der Waals surface area contributed by atoms with E-state index in [1.54, 1.807) is 12.1 Å². The van der Waals surface area contributed by atoms with Crippen molar-refractivity contribution in [1.82, 2.24) is 9.55 Å². The van der Waals surface area contributed by atoms with Crippen LogP contribution >= 0.6 is 0 Å². The van der Waals surface area contributed by atoms with Gasteiger partial charge in [0.15, 0.2) is 0 Å². The number of aromatic nitrogens is 2. The van der Waals surface area contributed by atoms with Crippen molar-refractivity contribution in [2.24, 2.45) is 0 Å². The Morgan fingerprint density at radius 2 is 1.67 bits per heavy atom. The Morgan fingerprint density at radius 1 is 0.875 bits per heavy atom. The number of unbranched alkanes of at least 4 members (excludes halogenated alkanes) is 2. The van der Waals surface area contributed by atoms with Crippen molar-refractivity contribution in [3.8, 4) is 28.3 Å². The molecular formula is C20H22N2O2. The van der Waals surface area contributed by atoms with E-state index in [4.69, 9.17) is 5.11 Å². The van der Waals surface area contributed by atoms with Crippen LogP contribution in [0.3, 0.4) is 0 Å². The summed E-state index contributed by atoms with van der Waals surface area (Å²) in [4.78, 5) is 4.62. The van der Waals surface area contributed by atoms with Gasteiger partial charge < -0.3 is 14.8 Å². The Balaban J connectivity index is 1.99. The zero-order valence-electron chi connectivity index (χ0n) is 13.6. The summed E-state index contributed by atoms with van der Waals surface area (Å²) in [5, 5.41) is 18.8. The minimum atomic E-state index is 0.235. The molecule has 0 atom stereocenters. The third kappa shape index (κ3) is 3.66. The number of nitrogens with zero attached hydrogens (tertiary/aromatic N) is 2. The fourth-order valence-electron chi connectivity index (χ4n) is 2.89. The van der Waals surface area contributed by atoms with E-state index >= 15 is 0 Å². The molecule has 0 spiro atoms. The highest BCUT2D eigenvalue weighted by molar-refractivity contribution is 5.79. The monoisotopic (exact) mass is 322 g/mol. The first kappa shape index (κ1) is 16.3. The number of aliphatic hydroxyl groups excluding tert-OH is 1. The van der Waals surface area contributed by atoms with Gasteiger partial charge in [-0.2, -0.15) is 0 Å². The maximum absolute atomic E-state index is 9.85. The second-order valence-corrected chi connectivity index (χ2v) is 5.84. The summed E-state index contributed by atoms with van der Waals surface area (Å²) in [5.74, 6) is 0.250. The molecule has 4 heteroatoms. The van der Waals surface area contributed by atoms with Gasteiger partial charge in [-0.15, -0.1) is 0 Å². The van der Waals surface area contributed by atoms with Gasteiger partial charge in [-0.05, 0) is 31.4 Å². The van der Waals surface area contributed by atoms with Gasteiger partial charge in [-0.3, -0.25) is 0 Å². The van der Waals surface area contributed by atoms with E-state index in [0.29, 0.717) is 0 Å². The maximum Gasteiger partial charge on any atom is 0.116 e. The van der Waals surface area contributed by atoms with Crippen LogP contribution in [0.2, 0.25) is 0 Å². The molecule has 0 saturated heterocycles. The fourth-order valence-corrected chi connectivity index (χ4v) is 2.89. The number of aliphatic hydroxyl groups is 1. The molecule has 0 aliphatic carbocycles. The zero-order valence-corrected chi connectivity index (χ0v) is 13.6. The molecule has 4 nitrogen and oxygen atoms in total. The first-order valence-electron chi connectivity index (χ1n) is 8.30. The highest BCUT2D eigenvalue weighted by Crippen LogP contribution is 2.32. The number of imidazole rings is 1. The quantitative estimate of drug-likeness (QED) is 0.644. The molecule has 2 N–H and O–H groups in total. The van der Waals surface area contributed by atoms with Gasteiger partial charge in [-0.1, -0.05) is 42.5 Å². The van der Waals surface area contributed by atoms with E-state index in [2.05, 4.69) is 9.55 Å². The van der Waals surface area contributed by atoms with E-state index in [1.165, 1.54) is 0 Å². The Hall–Kier alpha value is -2.59. The van der Waals surface area contributed by atoms with Crippen LogP contribution in [0, 0.1) is 0 Å². The molecule has 0 bridgehead atoms. The minimum absolute atomic E-state index is 0.235. The molecule has 1 aromatic heterocycles. The Labute approximate surface area is 142 Å². The molecule has 0 aliphatic rings. The van der Waals surface area contributed by atoms with Crippen molar-refractivity contribution < 1.29 is 10.2 Å². The molecule has 2 aromatic carbocycles. The van der Waals surface area contributed by atoms with E-state index in [9.17, 15) is 5.11 Å². The molecule has 0 fully saturated rings. The van der Waals surface area contributed by atoms with Crippen molar-refractivity contribution in [1.29, 1.82) is 0 Å². The Morgan fingerprint density at radius 3 is 2.42 bits per heavy atom. The summed E-state index contributed by atoms with van der Waals surface area (Å²) in [6, 6.07) is 17.4. The molecule has 24 heavy (non-hydrogen) atoms. The third-order valence-electron chi connectivity index (χ3n) is 4.06. The van der Waals surface area contributed by atoms with Crippen molar-refractivity contribution in [3.05, 3.63) is 60.9 Å². The molecule has 3 aromatic rings. The summed E-state index contributed by atoms with van der Waals surface area (Å²) in [5.41, 5.74) is 3.95. The topological polar surface area (TPSA) is 58.3 Å². The lowest BCUT2D eigenvalue weighted by atomic mass is 10.0. The molecule has 0 unspecified atom stereocenters. The molecule has 1 heterocycles. The molecule has 0 saturated carbocycles. The zero-order chi connectivity index (χ0) is 16.8. The van der Waals surface area contributed by atoms with Crippen LogP contribution in [0.5, 0.6) is 5.75 Å². The normalized spacial score (nSPS) is 10.9. The summed E-state index contributed by atoms with van der Waals surface area (Å²) in [6.45, 7) is 1.07. The first-order chi connectivity index (χ1) is 11.8. The lowest BCUT2D eigenvalue weighted by molar-refractivity contribution is 0.282. The van der Waals surface area contributed by atoms with Crippen molar-refractivity contribution in [3.63, 3.8) is 0 Å². The van der Waals surface area contributed by atoms with Crippen molar-refractivity contribution in [2.45, 2.75) is 25.8 Å². The lowest BCUT2D eigenvalue weighted by Gasteiger charge is -2.11. The molecule has 0 radical (unpaired) electrons. The summed E-state index contributed by atoms with van der Waals surface area (Å²) < 4.78 is 2.13. The van der Waals surface area contributed by atoms with Crippen LogP contribution in [-0.2, 0) is 6.54 Å². The standard InChI is InChI=1S/C20H22N2O2/c23-13-6-2-5-12-22-15-21-19(16-8-3-1-4-9-16)20(22)17-10-7-11-18(24)14-17/h1,3-4,7-11,14-15,23-24H,2,5-6,12-13H2. The van der Waals surface area contributed by atoms with Gasteiger partial charge in [0.1, 0.15) is 5.75 Å². The smallest absolute Gasteiger partial charge is 0.116 e. The molecular weight excluding hydrogens is 300 g/mol. The van der Waals surface area contributed by atoms with Gasteiger partial charge in [0.25, 0.3) is 0 Å². The summed E-state index contributed by atoms with van der Waals surface area (Å²) in [7, 11) is 0. The molecule has 0 amide bonds. The summed E-state index contributed by atoms with van der Waals surface area (Å²) in [6.07, 6.45) is 4.65. The maximum atomic E-state index is 9.85. The number of aryl methyl sites for hydroxylation is 1. The number of hydrogen-bond donors (Lipinski definition) is 2. The van der Waals surface area contributed by atoms with Crippen LogP contribution in [0.25, 0.3) is 22.5 Å². The number of rotatable bonds is 7. The predicted molar refractivity (Wildman–Crippen MR) is 95.7 cm³/mol. The summed E-state index contributed by atoms with van der Waals surface area (Å²) >= 11 is 0. The van der Waals surface area contributed by atoms with Crippen LogP contribution in [0.15, 0.2) is 60.9 Å². The molecule has 124 valence electrons. The largest absolute Gasteiger partial charge is 0.508 e. The van der Waals surface area contributed by atoms with E-state index in [-0.39, 0.29) is 12.4 Å². The minimum Gasteiger partial charge on any atom is -0.508 e. The lowest BCUT2D eigenvalue weighted by Crippen LogP contribution is -2.00. The van der Waals surface area contributed by atoms with Crippen molar-refractivity contribution >= 4 is 0 Å². The Kier molecular flexibility index (Phi) is 5.29. The van der Waals surface area contributed by atoms with Gasteiger partial charge in [0.05, 0.1) is 17.7 Å². The van der Waals surface area contributed by atoms with Crippen LogP contribution in [0.1, 0.15) is 19.3 Å². The van der Waals surface area contributed by atoms with Crippen LogP contribution in [0.4, 0.5) is 0 Å². The second kappa shape index (κ2) is 7.79. The van der Waals surface area contributed by atoms with Gasteiger partial charge in [-0.25, -0.2) is 4.98 Å². The number of benzene rings is 2. The van der Waals surface area contributed by atoms with E-state index < -0.39 is 0 Å². The average Bonchev–Trinajstić information content (AvgIpc) is 3.03. The SMILES string of the molecule is OCCCCCn1cnc(-c2ccccc2)c1-c1cccc(O)c1. The highest BCUT2D eigenvalue weighted by Gasteiger charge is 2.15. The number of hydrogen-bond acceptors (Lipinski definition) is 3. The average molecular weight is 322 g/mol. The van der Waals surface area contributed by atoms with Crippen molar-refractivity contribution in [2.75, 3.05) is 6.61 Å². The van der Waals surface area contributed by atoms with E-state index in [0.717, 1.165) is 48.3 Å². The van der Waals surface area contributed by atoms with Gasteiger partial charge in [0, 0.05) is 24.3 Å². The molecule has 0 aliphatic heterocycles. The third-order valence-corrected chi connectivity index (χ3v) is 4.06. The number of phenols is 1. The second-order valence-electron chi connectivity index (χ2n) is 5.84. The fraction of sp³-hybridized carbons (Fsp3) is 0.250. The predicted octanol–water partition coefficient (Wildman–Crippen LogP) is 4.09. The first-order valence-corrected chi connectivity index (χ1v) is 8.30. The Bertz CT molecular complexity index is 781.